The van der Waals surface area contributed by atoms with Crippen molar-refractivity contribution < 1.29 is 23.9 Å². The fraction of sp³-hybridized carbons (Fsp3) is 0.783. The number of ether oxygens (including phenoxy) is 2. The third kappa shape index (κ3) is 11.8. The monoisotopic (exact) mass is 426 g/mol. The number of hydrogen-bond acceptors (Lipinski definition) is 5. The van der Waals surface area contributed by atoms with E-state index in [-0.39, 0.29) is 17.9 Å². The summed E-state index contributed by atoms with van der Waals surface area (Å²) in [5, 5.41) is 0. The van der Waals surface area contributed by atoms with E-state index in [4.69, 9.17) is 10.5 Å². The fourth-order valence-electron chi connectivity index (χ4n) is 3.60. The molecule has 0 aromatic rings. The largest absolute Gasteiger partial charge is 0.467 e. The van der Waals surface area contributed by atoms with Crippen LogP contribution >= 0.6 is 0 Å². The van der Waals surface area contributed by atoms with Crippen LogP contribution in [0, 0.1) is 11.8 Å². The lowest BCUT2D eigenvalue weighted by Crippen LogP contribution is -2.41. The first-order valence-corrected chi connectivity index (χ1v) is 10.9. The van der Waals surface area contributed by atoms with Crippen LogP contribution < -0.4 is 5.73 Å². The maximum absolute atomic E-state index is 12.5. The highest BCUT2D eigenvalue weighted by atomic mass is 16.6. The lowest BCUT2D eigenvalue weighted by Gasteiger charge is -2.26. The van der Waals surface area contributed by atoms with Gasteiger partial charge in [-0.2, -0.15) is 0 Å². The average molecular weight is 427 g/mol. The minimum absolute atomic E-state index is 0.107. The molecule has 0 aliphatic carbocycles. The maximum atomic E-state index is 12.5. The lowest BCUT2D eigenvalue weighted by molar-refractivity contribution is -0.151. The molecule has 0 aromatic heterocycles. The number of likely N-dealkylation sites (tertiary alicyclic amines) is 1. The Hall–Kier alpha value is -2.05. The van der Waals surface area contributed by atoms with Crippen molar-refractivity contribution in [2.75, 3.05) is 13.7 Å². The van der Waals surface area contributed by atoms with Crippen molar-refractivity contribution in [3.8, 4) is 0 Å². The molecule has 174 valence electrons. The molecule has 1 saturated heterocycles. The number of hydrogen-bond donors (Lipinski definition) is 1. The Labute approximate surface area is 182 Å². The van der Waals surface area contributed by atoms with Crippen molar-refractivity contribution >= 4 is 18.0 Å². The second kappa shape index (κ2) is 14.0. The topological polar surface area (TPSA) is 98.9 Å². The normalized spacial score (nSPS) is 17.9. The highest BCUT2D eigenvalue weighted by molar-refractivity contribution is 5.85. The second-order valence-electron chi connectivity index (χ2n) is 8.99. The zero-order valence-corrected chi connectivity index (χ0v) is 19.7. The number of esters is 1. The van der Waals surface area contributed by atoms with E-state index in [0.29, 0.717) is 24.8 Å². The molecule has 0 aromatic carbocycles. The van der Waals surface area contributed by atoms with Crippen LogP contribution in [0.25, 0.3) is 0 Å². The number of methoxy groups -OCH3 is 1. The summed E-state index contributed by atoms with van der Waals surface area (Å²) < 4.78 is 9.39. The quantitative estimate of drug-likeness (QED) is 0.434. The molecule has 30 heavy (non-hydrogen) atoms. The smallest absolute Gasteiger partial charge is 0.405 e. The summed E-state index contributed by atoms with van der Waals surface area (Å²) in [6, 6.07) is -0.367. The number of nitrogens with zero attached hydrogens (tertiary/aromatic N) is 1. The van der Waals surface area contributed by atoms with E-state index in [1.807, 2.05) is 6.08 Å². The molecule has 1 heterocycles. The van der Waals surface area contributed by atoms with Gasteiger partial charge in [0.2, 0.25) is 5.91 Å². The molecule has 7 heteroatoms. The van der Waals surface area contributed by atoms with Gasteiger partial charge in [-0.1, -0.05) is 26.3 Å². The number of allylic oxidation sites excluding steroid dienone is 1. The zero-order valence-electron chi connectivity index (χ0n) is 19.7. The fourth-order valence-corrected chi connectivity index (χ4v) is 3.60. The van der Waals surface area contributed by atoms with Crippen molar-refractivity contribution in [3.05, 3.63) is 12.7 Å². The van der Waals surface area contributed by atoms with Crippen LogP contribution in [0.2, 0.25) is 0 Å². The minimum Gasteiger partial charge on any atom is -0.467 e. The molecule has 0 radical (unpaired) electrons. The van der Waals surface area contributed by atoms with Gasteiger partial charge in [-0.3, -0.25) is 4.79 Å². The van der Waals surface area contributed by atoms with Crippen molar-refractivity contribution in [1.82, 2.24) is 4.90 Å². The molecule has 2 N–H and O–H groups in total. The van der Waals surface area contributed by atoms with E-state index in [0.717, 1.165) is 38.5 Å². The zero-order chi connectivity index (χ0) is 23.3. The van der Waals surface area contributed by atoms with E-state index in [1.165, 1.54) is 7.11 Å². The Bertz CT molecular complexity index is 556. The number of primary amides is 1. The van der Waals surface area contributed by atoms with Crippen LogP contribution in [0.4, 0.5) is 4.79 Å². The molecule has 1 aliphatic rings. The summed E-state index contributed by atoms with van der Waals surface area (Å²) in [5.74, 6) is 0.825. The Kier molecular flexibility index (Phi) is 13.1. The first-order chi connectivity index (χ1) is 13.9. The Balaban J connectivity index is 0.000000890. The standard InChI is InChI=1S/C18H31NO3.C5H11NO2/c1-5-7-9-14(3)12-15(6-2)13-17(20)19-11-8-10-16(19)18(21)22-4;1-5(2,3)8-4(6)7/h5,14-16H,1,6-13H2,2-4H3;1-3H3,(H2,6,7). The van der Waals surface area contributed by atoms with E-state index in [9.17, 15) is 14.4 Å². The predicted octanol–water partition coefficient (Wildman–Crippen LogP) is 4.44. The van der Waals surface area contributed by atoms with Crippen LogP contribution in [-0.2, 0) is 19.1 Å². The first-order valence-electron chi connectivity index (χ1n) is 10.9. The molecular formula is C23H42N2O5. The molecule has 1 rings (SSSR count). The second-order valence-corrected chi connectivity index (χ2v) is 8.99. The number of amides is 2. The van der Waals surface area contributed by atoms with Gasteiger partial charge < -0.3 is 20.1 Å². The molecule has 0 saturated carbocycles. The van der Waals surface area contributed by atoms with Crippen molar-refractivity contribution in [2.45, 2.75) is 91.2 Å². The number of carbonyl (C=O) groups is 3. The molecule has 3 unspecified atom stereocenters. The highest BCUT2D eigenvalue weighted by Gasteiger charge is 2.35. The van der Waals surface area contributed by atoms with Gasteiger partial charge in [0.05, 0.1) is 7.11 Å². The van der Waals surface area contributed by atoms with Gasteiger partial charge in [0.25, 0.3) is 0 Å². The molecule has 3 atom stereocenters. The summed E-state index contributed by atoms with van der Waals surface area (Å²) in [6.45, 7) is 14.1. The minimum atomic E-state index is -0.725. The Morgan fingerprint density at radius 1 is 1.30 bits per heavy atom. The summed E-state index contributed by atoms with van der Waals surface area (Å²) >= 11 is 0. The average Bonchev–Trinajstić information content (AvgIpc) is 3.13. The highest BCUT2D eigenvalue weighted by Crippen LogP contribution is 2.26. The molecule has 1 fully saturated rings. The summed E-state index contributed by atoms with van der Waals surface area (Å²) in [6.07, 6.45) is 7.61. The van der Waals surface area contributed by atoms with Gasteiger partial charge in [0.15, 0.2) is 0 Å². The first kappa shape index (κ1) is 27.9. The van der Waals surface area contributed by atoms with Gasteiger partial charge >= 0.3 is 12.1 Å². The van der Waals surface area contributed by atoms with Crippen LogP contribution in [0.5, 0.6) is 0 Å². The van der Waals surface area contributed by atoms with Gasteiger partial charge in [-0.05, 0) is 64.7 Å². The number of nitrogens with two attached hydrogens (primary N) is 1. The third-order valence-electron chi connectivity index (χ3n) is 5.09. The van der Waals surface area contributed by atoms with Crippen LogP contribution in [-0.4, -0.2) is 48.2 Å². The maximum Gasteiger partial charge on any atom is 0.405 e. The van der Waals surface area contributed by atoms with E-state index < -0.39 is 11.7 Å². The SMILES string of the molecule is C=CCCC(C)CC(CC)CC(=O)N1CCCC1C(=O)OC.CC(C)(C)OC(N)=O. The van der Waals surface area contributed by atoms with Crippen LogP contribution in [0.1, 0.15) is 79.6 Å². The molecule has 0 bridgehead atoms. The van der Waals surface area contributed by atoms with Gasteiger partial charge in [0, 0.05) is 13.0 Å². The van der Waals surface area contributed by atoms with E-state index in [2.05, 4.69) is 25.2 Å². The van der Waals surface area contributed by atoms with Crippen molar-refractivity contribution in [1.29, 1.82) is 0 Å². The van der Waals surface area contributed by atoms with Gasteiger partial charge in [-0.15, -0.1) is 6.58 Å². The lowest BCUT2D eigenvalue weighted by atomic mass is 9.88. The Morgan fingerprint density at radius 2 is 1.93 bits per heavy atom. The summed E-state index contributed by atoms with van der Waals surface area (Å²) in [4.78, 5) is 36.0. The molecular weight excluding hydrogens is 384 g/mol. The molecule has 0 spiro atoms. The van der Waals surface area contributed by atoms with Gasteiger partial charge in [-0.25, -0.2) is 9.59 Å². The molecule has 2 amide bonds. The number of rotatable bonds is 9. The van der Waals surface area contributed by atoms with Crippen LogP contribution in [0.3, 0.4) is 0 Å². The Morgan fingerprint density at radius 3 is 2.37 bits per heavy atom. The van der Waals surface area contributed by atoms with Crippen molar-refractivity contribution in [3.63, 3.8) is 0 Å². The number of carbonyl (C=O) groups excluding carboxylic acids is 3. The van der Waals surface area contributed by atoms with Crippen LogP contribution in [0.15, 0.2) is 12.7 Å². The molecule has 7 nitrogen and oxygen atoms in total. The summed E-state index contributed by atoms with van der Waals surface area (Å²) in [7, 11) is 1.39. The van der Waals surface area contributed by atoms with E-state index in [1.54, 1.807) is 25.7 Å². The summed E-state index contributed by atoms with van der Waals surface area (Å²) in [5.41, 5.74) is 4.26. The van der Waals surface area contributed by atoms with Gasteiger partial charge in [0.1, 0.15) is 11.6 Å². The van der Waals surface area contributed by atoms with Crippen molar-refractivity contribution in [2.24, 2.45) is 17.6 Å². The van der Waals surface area contributed by atoms with E-state index >= 15 is 0 Å². The molecule has 1 aliphatic heterocycles. The third-order valence-corrected chi connectivity index (χ3v) is 5.09. The predicted molar refractivity (Wildman–Crippen MR) is 119 cm³/mol.